The van der Waals surface area contributed by atoms with Gasteiger partial charge in [0, 0.05) is 17.2 Å². The lowest BCUT2D eigenvalue weighted by Gasteiger charge is -2.08. The van der Waals surface area contributed by atoms with Crippen LogP contribution in [0.4, 0.5) is 17.1 Å². The first-order chi connectivity index (χ1) is 12.3. The zero-order chi connectivity index (χ0) is 19.3. The minimum Gasteiger partial charge on any atom is -0.452 e. The van der Waals surface area contributed by atoms with E-state index in [9.17, 15) is 29.8 Å². The molecule has 1 N–H and O–H groups in total. The number of carbonyl (C=O) groups excluding carboxylic acids is 2. The lowest BCUT2D eigenvalue weighted by molar-refractivity contribution is -0.385. The average molecular weight is 380 g/mol. The van der Waals surface area contributed by atoms with Crippen molar-refractivity contribution in [3.63, 3.8) is 0 Å². The Hall–Kier alpha value is -3.53. The van der Waals surface area contributed by atoms with Crippen LogP contribution in [-0.2, 0) is 9.53 Å². The molecule has 0 saturated carbocycles. The quantitative estimate of drug-likeness (QED) is 0.461. The highest BCUT2D eigenvalue weighted by atomic mass is 35.5. The number of para-hydroxylation sites is 1. The van der Waals surface area contributed by atoms with Crippen LogP contribution < -0.4 is 5.32 Å². The monoisotopic (exact) mass is 379 g/mol. The van der Waals surface area contributed by atoms with Crippen molar-refractivity contribution in [2.24, 2.45) is 0 Å². The van der Waals surface area contributed by atoms with Gasteiger partial charge >= 0.3 is 5.97 Å². The summed E-state index contributed by atoms with van der Waals surface area (Å²) in [5.41, 5.74) is -1.36. The maximum absolute atomic E-state index is 11.9. The summed E-state index contributed by atoms with van der Waals surface area (Å²) in [4.78, 5) is 44.1. The molecule has 0 bridgehead atoms. The number of nitrogens with one attached hydrogen (secondary N) is 1. The molecular weight excluding hydrogens is 370 g/mol. The van der Waals surface area contributed by atoms with Crippen LogP contribution in [0.25, 0.3) is 0 Å². The molecule has 0 aliphatic carbocycles. The molecular formula is C15H10ClN3O7. The van der Waals surface area contributed by atoms with Crippen LogP contribution in [0.15, 0.2) is 42.5 Å². The van der Waals surface area contributed by atoms with Crippen LogP contribution in [0.5, 0.6) is 0 Å². The van der Waals surface area contributed by atoms with Gasteiger partial charge < -0.3 is 10.1 Å². The molecule has 0 aliphatic rings. The van der Waals surface area contributed by atoms with Crippen LogP contribution in [0.2, 0.25) is 5.02 Å². The van der Waals surface area contributed by atoms with Gasteiger partial charge in [-0.05, 0) is 18.2 Å². The molecule has 0 fully saturated rings. The highest BCUT2D eigenvalue weighted by Gasteiger charge is 2.22. The molecule has 10 nitrogen and oxygen atoms in total. The fourth-order valence-electron chi connectivity index (χ4n) is 1.97. The van der Waals surface area contributed by atoms with E-state index >= 15 is 0 Å². The fourth-order valence-corrected chi connectivity index (χ4v) is 2.14. The summed E-state index contributed by atoms with van der Waals surface area (Å²) in [6.45, 7) is -0.797. The molecule has 0 aromatic heterocycles. The Balaban J connectivity index is 2.06. The number of halogens is 1. The van der Waals surface area contributed by atoms with Crippen molar-refractivity contribution in [2.45, 2.75) is 0 Å². The van der Waals surface area contributed by atoms with Gasteiger partial charge in [0.1, 0.15) is 11.3 Å². The van der Waals surface area contributed by atoms with Gasteiger partial charge in [-0.2, -0.15) is 0 Å². The molecule has 0 unspecified atom stereocenters. The van der Waals surface area contributed by atoms with Crippen LogP contribution in [-0.4, -0.2) is 28.3 Å². The first kappa shape index (κ1) is 18.8. The summed E-state index contributed by atoms with van der Waals surface area (Å²) in [5, 5.41) is 24.2. The Labute approximate surface area is 150 Å². The van der Waals surface area contributed by atoms with Gasteiger partial charge in [0.15, 0.2) is 6.61 Å². The van der Waals surface area contributed by atoms with Crippen LogP contribution in [0.1, 0.15) is 10.4 Å². The van der Waals surface area contributed by atoms with E-state index in [4.69, 9.17) is 16.3 Å². The summed E-state index contributed by atoms with van der Waals surface area (Å²) in [5.74, 6) is -1.95. The average Bonchev–Trinajstić information content (AvgIpc) is 2.59. The van der Waals surface area contributed by atoms with E-state index in [-0.39, 0.29) is 16.3 Å². The minimum atomic E-state index is -1.08. The van der Waals surface area contributed by atoms with Crippen molar-refractivity contribution >= 4 is 40.5 Å². The Morgan fingerprint density at radius 2 is 1.69 bits per heavy atom. The van der Waals surface area contributed by atoms with Crippen LogP contribution >= 0.6 is 11.6 Å². The predicted molar refractivity (Wildman–Crippen MR) is 90.1 cm³/mol. The Bertz CT molecular complexity index is 901. The highest BCUT2D eigenvalue weighted by Crippen LogP contribution is 2.27. The minimum absolute atomic E-state index is 0.155. The van der Waals surface area contributed by atoms with E-state index in [0.29, 0.717) is 0 Å². The van der Waals surface area contributed by atoms with Crippen molar-refractivity contribution in [3.8, 4) is 0 Å². The van der Waals surface area contributed by atoms with Crippen molar-refractivity contribution in [3.05, 3.63) is 73.3 Å². The zero-order valence-electron chi connectivity index (χ0n) is 12.9. The molecule has 2 aromatic carbocycles. The first-order valence-electron chi connectivity index (χ1n) is 6.94. The van der Waals surface area contributed by atoms with Crippen LogP contribution in [0, 0.1) is 20.2 Å². The molecule has 1 amide bonds. The molecule has 0 atom stereocenters. The molecule has 0 aliphatic heterocycles. The number of nitrogens with zero attached hydrogens (tertiary/aromatic N) is 2. The SMILES string of the molecule is O=C(COC(=O)c1ccccc1[N+](=O)[O-])Nc1cc(Cl)ccc1[N+](=O)[O-]. The van der Waals surface area contributed by atoms with E-state index < -0.39 is 39.7 Å². The number of hydrogen-bond acceptors (Lipinski definition) is 7. The topological polar surface area (TPSA) is 142 Å². The third-order valence-electron chi connectivity index (χ3n) is 3.08. The molecule has 0 spiro atoms. The van der Waals surface area contributed by atoms with Gasteiger partial charge in [0.2, 0.25) is 0 Å². The Morgan fingerprint density at radius 1 is 1.04 bits per heavy atom. The van der Waals surface area contributed by atoms with Gasteiger partial charge in [0.25, 0.3) is 17.3 Å². The van der Waals surface area contributed by atoms with Crippen molar-refractivity contribution in [1.82, 2.24) is 0 Å². The molecule has 0 heterocycles. The second-order valence-corrected chi connectivity index (χ2v) is 5.25. The Morgan fingerprint density at radius 3 is 2.35 bits per heavy atom. The van der Waals surface area contributed by atoms with E-state index in [1.54, 1.807) is 0 Å². The van der Waals surface area contributed by atoms with Crippen molar-refractivity contribution < 1.29 is 24.2 Å². The molecule has 11 heteroatoms. The van der Waals surface area contributed by atoms with Gasteiger partial charge in [-0.15, -0.1) is 0 Å². The molecule has 2 rings (SSSR count). The summed E-state index contributed by atoms with van der Waals surface area (Å²) in [6, 6.07) is 8.63. The smallest absolute Gasteiger partial charge is 0.345 e. The van der Waals surface area contributed by atoms with Crippen LogP contribution in [0.3, 0.4) is 0 Å². The van der Waals surface area contributed by atoms with Gasteiger partial charge in [-0.3, -0.25) is 25.0 Å². The Kier molecular flexibility index (Phi) is 5.81. The van der Waals surface area contributed by atoms with Gasteiger partial charge in [-0.1, -0.05) is 23.7 Å². The normalized spacial score (nSPS) is 10.0. The molecule has 2 aromatic rings. The highest BCUT2D eigenvalue weighted by molar-refractivity contribution is 6.31. The van der Waals surface area contributed by atoms with Crippen molar-refractivity contribution in [1.29, 1.82) is 0 Å². The molecule has 26 heavy (non-hydrogen) atoms. The summed E-state index contributed by atoms with van der Waals surface area (Å²) >= 11 is 5.74. The maximum atomic E-state index is 11.9. The molecule has 0 radical (unpaired) electrons. The molecule has 134 valence electrons. The number of benzene rings is 2. The number of nitro benzene ring substituents is 2. The summed E-state index contributed by atoms with van der Waals surface area (Å²) in [7, 11) is 0. The standard InChI is InChI=1S/C15H10ClN3O7/c16-9-5-6-13(19(24)25)11(7-9)17-14(20)8-26-15(21)10-3-1-2-4-12(10)18(22)23/h1-7H,8H2,(H,17,20). The maximum Gasteiger partial charge on any atom is 0.345 e. The number of amides is 1. The molecule has 0 saturated heterocycles. The predicted octanol–water partition coefficient (Wildman–Crippen LogP) is 2.95. The number of hydrogen-bond donors (Lipinski definition) is 1. The van der Waals surface area contributed by atoms with E-state index in [2.05, 4.69) is 5.32 Å². The number of ether oxygens (including phenoxy) is 1. The fraction of sp³-hybridized carbons (Fsp3) is 0.0667. The number of nitro groups is 2. The third kappa shape index (κ3) is 4.51. The van der Waals surface area contributed by atoms with Gasteiger partial charge in [0.05, 0.1) is 9.85 Å². The summed E-state index contributed by atoms with van der Waals surface area (Å²) in [6.07, 6.45) is 0. The summed E-state index contributed by atoms with van der Waals surface area (Å²) < 4.78 is 4.73. The van der Waals surface area contributed by atoms with E-state index in [1.165, 1.54) is 30.3 Å². The third-order valence-corrected chi connectivity index (χ3v) is 3.32. The number of carbonyl (C=O) groups is 2. The van der Waals surface area contributed by atoms with E-state index in [0.717, 1.165) is 12.1 Å². The second kappa shape index (κ2) is 8.03. The lowest BCUT2D eigenvalue weighted by Crippen LogP contribution is -2.21. The largest absolute Gasteiger partial charge is 0.452 e. The number of rotatable bonds is 6. The second-order valence-electron chi connectivity index (χ2n) is 4.82. The zero-order valence-corrected chi connectivity index (χ0v) is 13.6. The van der Waals surface area contributed by atoms with E-state index in [1.807, 2.05) is 0 Å². The first-order valence-corrected chi connectivity index (χ1v) is 7.31. The number of anilines is 1. The lowest BCUT2D eigenvalue weighted by atomic mass is 10.2. The number of esters is 1. The van der Waals surface area contributed by atoms with Gasteiger partial charge in [-0.25, -0.2) is 4.79 Å². The van der Waals surface area contributed by atoms with Crippen molar-refractivity contribution in [2.75, 3.05) is 11.9 Å².